The molecule has 0 saturated heterocycles. The summed E-state index contributed by atoms with van der Waals surface area (Å²) >= 11 is 7.36. The number of hydrogen-bond acceptors (Lipinski definition) is 2. The predicted molar refractivity (Wildman–Crippen MR) is 63.9 cm³/mol. The number of benzene rings is 1. The molecule has 2 rings (SSSR count). The van der Waals surface area contributed by atoms with Gasteiger partial charge in [-0.25, -0.2) is 4.39 Å². The van der Waals surface area contributed by atoms with Gasteiger partial charge in [0.1, 0.15) is 5.82 Å². The van der Waals surface area contributed by atoms with E-state index >= 15 is 0 Å². The van der Waals surface area contributed by atoms with Gasteiger partial charge in [-0.3, -0.25) is 0 Å². The summed E-state index contributed by atoms with van der Waals surface area (Å²) in [5.41, 5.74) is 8.03. The number of anilines is 1. The van der Waals surface area contributed by atoms with E-state index in [-0.39, 0.29) is 5.82 Å². The Bertz CT molecular complexity index is 488. The minimum Gasteiger partial charge on any atom is -0.398 e. The van der Waals surface area contributed by atoms with Crippen LogP contribution in [0.1, 0.15) is 5.56 Å². The Morgan fingerprint density at radius 3 is 2.67 bits per heavy atom. The molecule has 2 aromatic rings. The Balaban J connectivity index is 2.58. The smallest absolute Gasteiger partial charge is 0.124 e. The molecule has 0 aliphatic rings. The van der Waals surface area contributed by atoms with Crippen LogP contribution in [-0.4, -0.2) is 0 Å². The highest BCUT2D eigenvalue weighted by Crippen LogP contribution is 2.37. The van der Waals surface area contributed by atoms with Crippen molar-refractivity contribution in [3.05, 3.63) is 40.0 Å². The van der Waals surface area contributed by atoms with Gasteiger partial charge >= 0.3 is 0 Å². The lowest BCUT2D eigenvalue weighted by Crippen LogP contribution is -1.89. The molecule has 0 fully saturated rings. The first kappa shape index (κ1) is 10.5. The van der Waals surface area contributed by atoms with Gasteiger partial charge in [-0.15, -0.1) is 11.3 Å². The second kappa shape index (κ2) is 3.83. The van der Waals surface area contributed by atoms with Crippen LogP contribution in [0.15, 0.2) is 24.3 Å². The number of thiophene rings is 1. The molecule has 15 heavy (non-hydrogen) atoms. The van der Waals surface area contributed by atoms with Crippen molar-refractivity contribution < 1.29 is 4.39 Å². The minimum atomic E-state index is -0.290. The fourth-order valence-corrected chi connectivity index (χ4v) is 2.57. The van der Waals surface area contributed by atoms with E-state index in [1.807, 2.05) is 13.0 Å². The van der Waals surface area contributed by atoms with Crippen molar-refractivity contribution in [2.24, 2.45) is 0 Å². The van der Waals surface area contributed by atoms with Crippen molar-refractivity contribution in [1.29, 1.82) is 0 Å². The fourth-order valence-electron chi connectivity index (χ4n) is 1.33. The SMILES string of the molecule is Cc1cc(-c2cc(F)ccc2N)sc1Cl. The second-order valence-electron chi connectivity index (χ2n) is 3.30. The molecule has 0 bridgehead atoms. The molecule has 0 atom stereocenters. The average molecular weight is 242 g/mol. The Labute approximate surface area is 96.3 Å². The van der Waals surface area contributed by atoms with Crippen LogP contribution in [0.2, 0.25) is 4.34 Å². The van der Waals surface area contributed by atoms with Crippen LogP contribution in [0, 0.1) is 12.7 Å². The van der Waals surface area contributed by atoms with Gasteiger partial charge in [0.05, 0.1) is 4.34 Å². The average Bonchev–Trinajstić information content (AvgIpc) is 2.51. The zero-order chi connectivity index (χ0) is 11.0. The fraction of sp³-hybridized carbons (Fsp3) is 0.0909. The maximum absolute atomic E-state index is 13.1. The van der Waals surface area contributed by atoms with Crippen molar-refractivity contribution in [1.82, 2.24) is 0 Å². The van der Waals surface area contributed by atoms with E-state index in [9.17, 15) is 4.39 Å². The predicted octanol–water partition coefficient (Wildman–Crippen LogP) is 4.10. The number of aryl methyl sites for hydroxylation is 1. The highest BCUT2D eigenvalue weighted by atomic mass is 35.5. The number of nitrogens with two attached hydrogens (primary N) is 1. The van der Waals surface area contributed by atoms with Crippen LogP contribution in [0.4, 0.5) is 10.1 Å². The molecule has 0 unspecified atom stereocenters. The summed E-state index contributed by atoms with van der Waals surface area (Å²) in [6, 6.07) is 6.25. The van der Waals surface area contributed by atoms with Gasteiger partial charge in [0, 0.05) is 16.1 Å². The molecule has 0 spiro atoms. The van der Waals surface area contributed by atoms with Gasteiger partial charge in [0.15, 0.2) is 0 Å². The molecule has 1 aromatic heterocycles. The normalized spacial score (nSPS) is 10.6. The Kier molecular flexibility index (Phi) is 2.67. The molecule has 2 N–H and O–H groups in total. The lowest BCUT2D eigenvalue weighted by molar-refractivity contribution is 0.628. The van der Waals surface area contributed by atoms with Crippen LogP contribution in [0.25, 0.3) is 10.4 Å². The van der Waals surface area contributed by atoms with E-state index in [2.05, 4.69) is 0 Å². The standard InChI is InChI=1S/C11H9ClFNS/c1-6-4-10(15-11(6)12)8-5-7(13)2-3-9(8)14/h2-5H,14H2,1H3. The van der Waals surface area contributed by atoms with Crippen molar-refractivity contribution >= 4 is 28.6 Å². The van der Waals surface area contributed by atoms with Crippen molar-refractivity contribution in [3.63, 3.8) is 0 Å². The summed E-state index contributed by atoms with van der Waals surface area (Å²) in [7, 11) is 0. The number of hydrogen-bond donors (Lipinski definition) is 1. The number of rotatable bonds is 1. The van der Waals surface area contributed by atoms with Crippen LogP contribution < -0.4 is 5.73 Å². The largest absolute Gasteiger partial charge is 0.398 e. The van der Waals surface area contributed by atoms with Gasteiger partial charge in [-0.1, -0.05) is 11.6 Å². The quantitative estimate of drug-likeness (QED) is 0.748. The number of nitrogen functional groups attached to an aromatic ring is 1. The first-order chi connectivity index (χ1) is 7.08. The van der Waals surface area contributed by atoms with Gasteiger partial charge in [-0.05, 0) is 36.8 Å². The van der Waals surface area contributed by atoms with Gasteiger partial charge in [-0.2, -0.15) is 0 Å². The van der Waals surface area contributed by atoms with Gasteiger partial charge in [0.2, 0.25) is 0 Å². The highest BCUT2D eigenvalue weighted by molar-refractivity contribution is 7.19. The molecule has 0 amide bonds. The van der Waals surface area contributed by atoms with Crippen molar-refractivity contribution in [2.45, 2.75) is 6.92 Å². The molecule has 78 valence electrons. The van der Waals surface area contributed by atoms with Gasteiger partial charge < -0.3 is 5.73 Å². The zero-order valence-corrected chi connectivity index (χ0v) is 9.62. The monoisotopic (exact) mass is 241 g/mol. The molecular weight excluding hydrogens is 233 g/mol. The summed E-state index contributed by atoms with van der Waals surface area (Å²) in [6.07, 6.45) is 0. The maximum atomic E-state index is 13.1. The van der Waals surface area contributed by atoms with E-state index in [1.165, 1.54) is 23.5 Å². The van der Waals surface area contributed by atoms with Crippen LogP contribution in [0.5, 0.6) is 0 Å². The lowest BCUT2D eigenvalue weighted by atomic mass is 10.1. The topological polar surface area (TPSA) is 26.0 Å². The molecule has 4 heteroatoms. The van der Waals surface area contributed by atoms with Crippen molar-refractivity contribution in [3.8, 4) is 10.4 Å². The molecule has 0 aliphatic heterocycles. The molecule has 1 nitrogen and oxygen atoms in total. The Hall–Kier alpha value is -1.06. The number of halogens is 2. The summed E-state index contributed by atoms with van der Waals surface area (Å²) in [5.74, 6) is -0.290. The minimum absolute atomic E-state index is 0.290. The molecule has 0 saturated carbocycles. The summed E-state index contributed by atoms with van der Waals surface area (Å²) in [6.45, 7) is 1.91. The maximum Gasteiger partial charge on any atom is 0.124 e. The Morgan fingerprint density at radius 1 is 1.33 bits per heavy atom. The van der Waals surface area contributed by atoms with Crippen LogP contribution in [-0.2, 0) is 0 Å². The van der Waals surface area contributed by atoms with Crippen LogP contribution in [0.3, 0.4) is 0 Å². The third-order valence-corrected chi connectivity index (χ3v) is 3.73. The van der Waals surface area contributed by atoms with E-state index in [1.54, 1.807) is 6.07 Å². The molecule has 1 aromatic carbocycles. The second-order valence-corrected chi connectivity index (χ2v) is 4.95. The summed E-state index contributed by atoms with van der Waals surface area (Å²) < 4.78 is 13.8. The summed E-state index contributed by atoms with van der Waals surface area (Å²) in [4.78, 5) is 0.898. The lowest BCUT2D eigenvalue weighted by Gasteiger charge is -2.02. The molecule has 0 aliphatic carbocycles. The third-order valence-electron chi connectivity index (χ3n) is 2.14. The van der Waals surface area contributed by atoms with E-state index in [4.69, 9.17) is 17.3 Å². The zero-order valence-electron chi connectivity index (χ0n) is 8.05. The first-order valence-electron chi connectivity index (χ1n) is 4.39. The first-order valence-corrected chi connectivity index (χ1v) is 5.58. The van der Waals surface area contributed by atoms with Gasteiger partial charge in [0.25, 0.3) is 0 Å². The van der Waals surface area contributed by atoms with E-state index in [0.29, 0.717) is 15.6 Å². The summed E-state index contributed by atoms with van der Waals surface area (Å²) in [5, 5.41) is 0. The van der Waals surface area contributed by atoms with E-state index < -0.39 is 0 Å². The van der Waals surface area contributed by atoms with Crippen LogP contribution >= 0.6 is 22.9 Å². The highest BCUT2D eigenvalue weighted by Gasteiger charge is 2.09. The third kappa shape index (κ3) is 1.98. The van der Waals surface area contributed by atoms with Crippen molar-refractivity contribution in [2.75, 3.05) is 5.73 Å². The van der Waals surface area contributed by atoms with E-state index in [0.717, 1.165) is 10.4 Å². The Morgan fingerprint density at radius 2 is 2.07 bits per heavy atom. The molecular formula is C11H9ClFNS. The molecule has 0 radical (unpaired) electrons. The molecule has 1 heterocycles.